The highest BCUT2D eigenvalue weighted by molar-refractivity contribution is 7.85. The quantitative estimate of drug-likeness (QED) is 0.392. The molecule has 0 heterocycles. The van der Waals surface area contributed by atoms with Crippen LogP contribution < -0.4 is 5.32 Å². The average molecular weight is 248 g/mol. The lowest BCUT2D eigenvalue weighted by Gasteiger charge is -2.02. The van der Waals surface area contributed by atoms with Crippen molar-refractivity contribution in [3.05, 3.63) is 0 Å². The number of hydrogen-bond donors (Lipinski definition) is 1. The van der Waals surface area contributed by atoms with Crippen LogP contribution in [0.25, 0.3) is 0 Å². The van der Waals surface area contributed by atoms with Crippen LogP contribution in [0.1, 0.15) is 19.8 Å². The van der Waals surface area contributed by atoms with Crippen LogP contribution in [0.3, 0.4) is 0 Å². The van der Waals surface area contributed by atoms with Gasteiger partial charge in [-0.3, -0.25) is 9.00 Å². The number of amides is 1. The van der Waals surface area contributed by atoms with Gasteiger partial charge in [0, 0.05) is 42.3 Å². The third kappa shape index (κ3) is 11.3. The Morgan fingerprint density at radius 1 is 1.47 bits per heavy atom. The molecular weight excluding hydrogens is 232 g/mol. The van der Waals surface area contributed by atoms with E-state index in [9.17, 15) is 9.00 Å². The van der Waals surface area contributed by atoms with Gasteiger partial charge in [0.25, 0.3) is 0 Å². The van der Waals surface area contributed by atoms with Crippen molar-refractivity contribution in [2.24, 2.45) is 4.99 Å². The number of nitrogens with one attached hydrogen (secondary N) is 1. The lowest BCUT2D eigenvalue weighted by atomic mass is 10.3. The Morgan fingerprint density at radius 2 is 2.20 bits per heavy atom. The van der Waals surface area contributed by atoms with Gasteiger partial charge in [-0.2, -0.15) is 0 Å². The van der Waals surface area contributed by atoms with Crippen molar-refractivity contribution < 1.29 is 9.00 Å². The number of isothiocyanates is 1. The van der Waals surface area contributed by atoms with Gasteiger partial charge in [-0.05, 0) is 25.1 Å². The maximum atomic E-state index is 11.4. The molecule has 0 aliphatic rings. The minimum absolute atomic E-state index is 0.0812. The molecule has 15 heavy (non-hydrogen) atoms. The second kappa shape index (κ2) is 9.96. The molecule has 0 radical (unpaired) electrons. The van der Waals surface area contributed by atoms with Crippen LogP contribution in [0.4, 0.5) is 0 Å². The summed E-state index contributed by atoms with van der Waals surface area (Å²) in [6.07, 6.45) is 1.75. The SMILES string of the molecule is CC(=O)NCCS(=O)CCCCN=C=S. The zero-order valence-electron chi connectivity index (χ0n) is 8.82. The van der Waals surface area contributed by atoms with Gasteiger partial charge in [0.2, 0.25) is 5.91 Å². The Hall–Kier alpha value is -0.580. The summed E-state index contributed by atoms with van der Waals surface area (Å²) in [7, 11) is -0.845. The number of carbonyl (C=O) groups is 1. The molecule has 4 nitrogen and oxygen atoms in total. The van der Waals surface area contributed by atoms with Crippen molar-refractivity contribution in [1.29, 1.82) is 0 Å². The first-order chi connectivity index (χ1) is 7.16. The number of unbranched alkanes of at least 4 members (excludes halogenated alkanes) is 1. The van der Waals surface area contributed by atoms with Crippen LogP contribution in [0.2, 0.25) is 0 Å². The third-order valence-electron chi connectivity index (χ3n) is 1.66. The minimum atomic E-state index is -0.845. The van der Waals surface area contributed by atoms with Crippen LogP contribution in [0, 0.1) is 0 Å². The van der Waals surface area contributed by atoms with E-state index >= 15 is 0 Å². The summed E-state index contributed by atoms with van der Waals surface area (Å²) in [5, 5.41) is 4.90. The van der Waals surface area contributed by atoms with Gasteiger partial charge in [-0.25, -0.2) is 4.99 Å². The lowest BCUT2D eigenvalue weighted by molar-refractivity contribution is -0.118. The van der Waals surface area contributed by atoms with E-state index in [1.54, 1.807) is 0 Å². The van der Waals surface area contributed by atoms with E-state index in [0.717, 1.165) is 12.8 Å². The van der Waals surface area contributed by atoms with Gasteiger partial charge in [-0.1, -0.05) is 0 Å². The zero-order chi connectivity index (χ0) is 11.5. The summed E-state index contributed by atoms with van der Waals surface area (Å²) in [4.78, 5) is 14.3. The second-order valence-electron chi connectivity index (χ2n) is 3.01. The van der Waals surface area contributed by atoms with Gasteiger partial charge < -0.3 is 5.32 Å². The fourth-order valence-electron chi connectivity index (χ4n) is 0.943. The third-order valence-corrected chi connectivity index (χ3v) is 3.19. The zero-order valence-corrected chi connectivity index (χ0v) is 10.5. The Bertz CT molecular complexity index is 263. The van der Waals surface area contributed by atoms with Crippen LogP contribution in [-0.2, 0) is 15.6 Å². The van der Waals surface area contributed by atoms with Crippen molar-refractivity contribution in [2.75, 3.05) is 24.6 Å². The topological polar surface area (TPSA) is 58.5 Å². The summed E-state index contributed by atoms with van der Waals surface area (Å²) >= 11 is 4.42. The molecule has 86 valence electrons. The largest absolute Gasteiger partial charge is 0.355 e. The van der Waals surface area contributed by atoms with Crippen LogP contribution in [0.5, 0.6) is 0 Å². The molecule has 1 N–H and O–H groups in total. The molecule has 6 heteroatoms. The molecule has 1 unspecified atom stereocenters. The number of rotatable bonds is 8. The first-order valence-electron chi connectivity index (χ1n) is 4.80. The highest BCUT2D eigenvalue weighted by Gasteiger charge is 1.99. The van der Waals surface area contributed by atoms with E-state index in [4.69, 9.17) is 0 Å². The number of aliphatic imine (C=N–C) groups is 1. The number of carbonyl (C=O) groups excluding carboxylic acids is 1. The second-order valence-corrected chi connectivity index (χ2v) is 4.89. The lowest BCUT2D eigenvalue weighted by Crippen LogP contribution is -2.25. The highest BCUT2D eigenvalue weighted by atomic mass is 32.2. The Morgan fingerprint density at radius 3 is 2.80 bits per heavy atom. The van der Waals surface area contributed by atoms with Gasteiger partial charge in [0.1, 0.15) is 0 Å². The Balaban J connectivity index is 3.33. The molecule has 0 aliphatic heterocycles. The number of thiocarbonyl (C=S) groups is 1. The first kappa shape index (κ1) is 14.4. The Labute approximate surface area is 98.0 Å². The first-order valence-corrected chi connectivity index (χ1v) is 6.69. The van der Waals surface area contributed by atoms with E-state index in [1.165, 1.54) is 6.92 Å². The molecule has 0 aromatic heterocycles. The van der Waals surface area contributed by atoms with Crippen molar-refractivity contribution in [2.45, 2.75) is 19.8 Å². The number of hydrogen-bond acceptors (Lipinski definition) is 4. The molecule has 0 rings (SSSR count). The molecular formula is C9H16N2O2S2. The summed E-state index contributed by atoms with van der Waals surface area (Å²) in [5.74, 6) is 1.10. The fraction of sp³-hybridized carbons (Fsp3) is 0.778. The fourth-order valence-corrected chi connectivity index (χ4v) is 2.09. The molecule has 0 aromatic carbocycles. The molecule has 0 saturated carbocycles. The Kier molecular flexibility index (Phi) is 9.57. The maximum absolute atomic E-state index is 11.4. The normalized spacial score (nSPS) is 11.5. The standard InChI is InChI=1S/C9H16N2O2S2/c1-9(12)11-5-7-15(13)6-3-2-4-10-8-14/h2-7H2,1H3,(H,11,12). The van der Waals surface area contributed by atoms with Crippen molar-refractivity contribution in [1.82, 2.24) is 5.32 Å². The minimum Gasteiger partial charge on any atom is -0.355 e. The summed E-state index contributed by atoms with van der Waals surface area (Å²) in [6.45, 7) is 2.60. The van der Waals surface area contributed by atoms with E-state index in [0.29, 0.717) is 24.6 Å². The van der Waals surface area contributed by atoms with Gasteiger partial charge in [-0.15, -0.1) is 0 Å². The average Bonchev–Trinajstić information content (AvgIpc) is 2.17. The smallest absolute Gasteiger partial charge is 0.216 e. The van der Waals surface area contributed by atoms with Crippen LogP contribution in [0.15, 0.2) is 4.99 Å². The predicted molar refractivity (Wildman–Crippen MR) is 65.7 cm³/mol. The maximum Gasteiger partial charge on any atom is 0.216 e. The molecule has 0 aromatic rings. The monoisotopic (exact) mass is 248 g/mol. The molecule has 1 atom stereocenters. The number of nitrogens with zero attached hydrogens (tertiary/aromatic N) is 1. The summed E-state index contributed by atoms with van der Waals surface area (Å²) < 4.78 is 11.4. The summed E-state index contributed by atoms with van der Waals surface area (Å²) in [6, 6.07) is 0. The van der Waals surface area contributed by atoms with E-state index < -0.39 is 10.8 Å². The van der Waals surface area contributed by atoms with Crippen molar-refractivity contribution in [3.8, 4) is 0 Å². The summed E-state index contributed by atoms with van der Waals surface area (Å²) in [5.41, 5.74) is 0. The van der Waals surface area contributed by atoms with Crippen molar-refractivity contribution >= 4 is 34.1 Å². The van der Waals surface area contributed by atoms with E-state index in [-0.39, 0.29) is 5.91 Å². The molecule has 1 amide bonds. The molecule has 0 spiro atoms. The molecule has 0 saturated heterocycles. The van der Waals surface area contributed by atoms with E-state index in [1.807, 2.05) is 0 Å². The molecule has 0 fully saturated rings. The predicted octanol–water partition coefficient (Wildman–Crippen LogP) is 0.754. The highest BCUT2D eigenvalue weighted by Crippen LogP contribution is 1.93. The van der Waals surface area contributed by atoms with Gasteiger partial charge in [0.05, 0.1) is 5.16 Å². The van der Waals surface area contributed by atoms with Gasteiger partial charge >= 0.3 is 0 Å². The van der Waals surface area contributed by atoms with Crippen LogP contribution >= 0.6 is 12.2 Å². The molecule has 0 aliphatic carbocycles. The van der Waals surface area contributed by atoms with Crippen LogP contribution in [-0.4, -0.2) is 39.9 Å². The van der Waals surface area contributed by atoms with Crippen molar-refractivity contribution in [3.63, 3.8) is 0 Å². The van der Waals surface area contributed by atoms with E-state index in [2.05, 4.69) is 27.7 Å². The van der Waals surface area contributed by atoms with Gasteiger partial charge in [0.15, 0.2) is 0 Å². The molecule has 0 bridgehead atoms.